The number of rotatable bonds is 12. The zero-order chi connectivity index (χ0) is 39.0. The third-order valence-corrected chi connectivity index (χ3v) is 11.6. The molecule has 0 spiro atoms. The molecule has 0 aliphatic heterocycles. The van der Waals surface area contributed by atoms with Gasteiger partial charge in [0.15, 0.2) is 0 Å². The predicted octanol–water partition coefficient (Wildman–Crippen LogP) is 10.8. The van der Waals surface area contributed by atoms with Gasteiger partial charge in [-0.25, -0.2) is 21.9 Å². The molecule has 4 nitrogen and oxygen atoms in total. The van der Waals surface area contributed by atoms with E-state index in [4.69, 9.17) is 0 Å². The van der Waals surface area contributed by atoms with Crippen molar-refractivity contribution in [2.45, 2.75) is 36.6 Å². The molecule has 0 amide bonds. The number of carbonyl (C=O) groups excluding carboxylic acids is 1. The SMILES string of the molecule is CC(=O)[C@@H](CC(C#CC=C(c1ccc(F)cc1)c1ccc(F)cc1)(c1ccccc1)c1ccccc1)[C@H](NS(=O)(=O)c1ccc(C)cc1)c1ccc(Br)cc1. The Morgan fingerprint density at radius 2 is 1.22 bits per heavy atom. The second kappa shape index (κ2) is 17.3. The average Bonchev–Trinajstić information content (AvgIpc) is 3.19. The van der Waals surface area contributed by atoms with Crippen LogP contribution in [-0.4, -0.2) is 14.2 Å². The number of allylic oxidation sites excluding steroid dienone is 1. The fourth-order valence-electron chi connectivity index (χ4n) is 6.70. The molecule has 1 N–H and O–H groups in total. The zero-order valence-electron chi connectivity index (χ0n) is 30.2. The predicted molar refractivity (Wildman–Crippen MR) is 218 cm³/mol. The molecule has 2 atom stereocenters. The fraction of sp³-hybridized carbons (Fsp3) is 0.128. The van der Waals surface area contributed by atoms with Gasteiger partial charge in [-0.1, -0.05) is 143 Å². The maximum Gasteiger partial charge on any atom is 0.241 e. The highest BCUT2D eigenvalue weighted by molar-refractivity contribution is 9.10. The summed E-state index contributed by atoms with van der Waals surface area (Å²) in [4.78, 5) is 14.2. The molecule has 0 aliphatic rings. The number of ketones is 1. The van der Waals surface area contributed by atoms with Crippen LogP contribution < -0.4 is 4.72 Å². The van der Waals surface area contributed by atoms with Gasteiger partial charge < -0.3 is 0 Å². The Balaban J connectivity index is 1.56. The average molecular weight is 815 g/mol. The van der Waals surface area contributed by atoms with E-state index in [0.29, 0.717) is 22.3 Å². The van der Waals surface area contributed by atoms with Gasteiger partial charge in [0, 0.05) is 10.4 Å². The van der Waals surface area contributed by atoms with Gasteiger partial charge in [0.05, 0.1) is 16.4 Å². The van der Waals surface area contributed by atoms with Crippen molar-refractivity contribution in [3.05, 3.63) is 213 Å². The highest BCUT2D eigenvalue weighted by atomic mass is 79.9. The molecule has 6 aromatic rings. The third kappa shape index (κ3) is 9.44. The minimum atomic E-state index is -4.11. The van der Waals surface area contributed by atoms with Crippen molar-refractivity contribution in [3.8, 4) is 11.8 Å². The molecule has 0 aromatic heterocycles. The minimum absolute atomic E-state index is 0.0824. The van der Waals surface area contributed by atoms with Gasteiger partial charge in [-0.2, -0.15) is 0 Å². The van der Waals surface area contributed by atoms with Crippen molar-refractivity contribution in [2.24, 2.45) is 5.92 Å². The first kappa shape index (κ1) is 39.2. The molecular weight excluding hydrogens is 776 g/mol. The molecule has 0 bridgehead atoms. The topological polar surface area (TPSA) is 63.2 Å². The number of benzene rings is 6. The smallest absolute Gasteiger partial charge is 0.241 e. The molecule has 0 radical (unpaired) electrons. The summed E-state index contributed by atoms with van der Waals surface area (Å²) in [6, 6.07) is 44.1. The molecular formula is C47H38BrF2NO3S. The van der Waals surface area contributed by atoms with Crippen LogP contribution in [0.3, 0.4) is 0 Å². The van der Waals surface area contributed by atoms with E-state index in [1.807, 2.05) is 79.7 Å². The number of carbonyl (C=O) groups is 1. The molecule has 0 aliphatic carbocycles. The van der Waals surface area contributed by atoms with Gasteiger partial charge in [0.2, 0.25) is 10.0 Å². The Labute approximate surface area is 330 Å². The normalized spacial score (nSPS) is 12.5. The largest absolute Gasteiger partial charge is 0.300 e. The number of aryl methyl sites for hydroxylation is 1. The summed E-state index contributed by atoms with van der Waals surface area (Å²) in [5.41, 5.74) is 3.97. The number of nitrogens with one attached hydrogen (secondary N) is 1. The molecule has 8 heteroatoms. The van der Waals surface area contributed by atoms with Crippen LogP contribution in [-0.2, 0) is 20.2 Å². The van der Waals surface area contributed by atoms with E-state index in [9.17, 15) is 22.0 Å². The Morgan fingerprint density at radius 3 is 1.69 bits per heavy atom. The van der Waals surface area contributed by atoms with Crippen LogP contribution in [0.4, 0.5) is 8.78 Å². The second-order valence-electron chi connectivity index (χ2n) is 13.4. The summed E-state index contributed by atoms with van der Waals surface area (Å²) in [6.45, 7) is 3.36. The summed E-state index contributed by atoms with van der Waals surface area (Å²) >= 11 is 3.49. The lowest BCUT2D eigenvalue weighted by Crippen LogP contribution is -2.40. The van der Waals surface area contributed by atoms with Crippen LogP contribution in [0.25, 0.3) is 5.57 Å². The van der Waals surface area contributed by atoms with Crippen molar-refractivity contribution in [1.82, 2.24) is 4.72 Å². The quantitative estimate of drug-likeness (QED) is 0.125. The van der Waals surface area contributed by atoms with Crippen LogP contribution in [0.2, 0.25) is 0 Å². The Kier molecular flexibility index (Phi) is 12.4. The molecule has 6 rings (SSSR count). The molecule has 276 valence electrons. The highest BCUT2D eigenvalue weighted by Crippen LogP contribution is 2.42. The van der Waals surface area contributed by atoms with Gasteiger partial charge in [-0.05, 0) is 108 Å². The van der Waals surface area contributed by atoms with Gasteiger partial charge in [-0.3, -0.25) is 4.79 Å². The van der Waals surface area contributed by atoms with Crippen LogP contribution in [0, 0.1) is 36.3 Å². The second-order valence-corrected chi connectivity index (χ2v) is 16.0. The highest BCUT2D eigenvalue weighted by Gasteiger charge is 2.41. The van der Waals surface area contributed by atoms with Crippen LogP contribution in [0.1, 0.15) is 52.8 Å². The van der Waals surface area contributed by atoms with Gasteiger partial charge >= 0.3 is 0 Å². The number of hydrogen-bond donors (Lipinski definition) is 1. The van der Waals surface area contributed by atoms with E-state index in [-0.39, 0.29) is 17.1 Å². The van der Waals surface area contributed by atoms with E-state index in [1.54, 1.807) is 66.7 Å². The summed E-state index contributed by atoms with van der Waals surface area (Å²) in [5, 5.41) is 0. The van der Waals surface area contributed by atoms with Crippen molar-refractivity contribution < 1.29 is 22.0 Å². The Hall–Kier alpha value is -5.46. The van der Waals surface area contributed by atoms with Crippen molar-refractivity contribution in [2.75, 3.05) is 0 Å². The fourth-order valence-corrected chi connectivity index (χ4v) is 8.23. The lowest BCUT2D eigenvalue weighted by molar-refractivity contribution is -0.122. The maximum atomic E-state index is 14.1. The summed E-state index contributed by atoms with van der Waals surface area (Å²) in [7, 11) is -4.11. The van der Waals surface area contributed by atoms with Crippen molar-refractivity contribution >= 4 is 37.3 Å². The van der Waals surface area contributed by atoms with Crippen LogP contribution in [0.15, 0.2) is 173 Å². The summed E-state index contributed by atoms with van der Waals surface area (Å²) in [5.74, 6) is 4.92. The molecule has 55 heavy (non-hydrogen) atoms. The monoisotopic (exact) mass is 813 g/mol. The molecule has 0 fully saturated rings. The first-order valence-electron chi connectivity index (χ1n) is 17.7. The zero-order valence-corrected chi connectivity index (χ0v) is 32.6. The van der Waals surface area contributed by atoms with Gasteiger partial charge in [0.25, 0.3) is 0 Å². The molecule has 0 saturated carbocycles. The van der Waals surface area contributed by atoms with Gasteiger partial charge in [0.1, 0.15) is 17.4 Å². The standard InChI is InChI=1S/C47H38BrF2NO3S/c1-33-15-29-43(30-16-33)55(53,54)51-46(37-17-23-40(48)24-18-37)45(34(2)52)32-47(38-10-5-3-6-11-38,39-12-7-4-8-13-39)31-9-14-44(35-19-25-41(49)26-20-35)36-21-27-42(50)28-22-36/h3-8,10-30,45-46,51H,32H2,1-2H3/t45-,46-/m1/s1. The van der Waals surface area contributed by atoms with E-state index in [0.717, 1.165) is 21.2 Å². The first-order chi connectivity index (χ1) is 26.4. The maximum absolute atomic E-state index is 14.1. The van der Waals surface area contributed by atoms with E-state index < -0.39 is 39.0 Å². The molecule has 6 aromatic carbocycles. The number of halogens is 3. The Morgan fingerprint density at radius 1 is 0.727 bits per heavy atom. The summed E-state index contributed by atoms with van der Waals surface area (Å²) < 4.78 is 59.9. The third-order valence-electron chi connectivity index (χ3n) is 9.64. The van der Waals surface area contributed by atoms with Crippen LogP contribution in [0.5, 0.6) is 0 Å². The number of Topliss-reactive ketones (excluding diaryl/α,β-unsaturated/α-hetero) is 1. The van der Waals surface area contributed by atoms with Gasteiger partial charge in [-0.15, -0.1) is 0 Å². The molecule has 0 saturated heterocycles. The summed E-state index contributed by atoms with van der Waals surface area (Å²) in [6.07, 6.45) is 1.81. The van der Waals surface area contributed by atoms with Crippen LogP contribution >= 0.6 is 15.9 Å². The number of hydrogen-bond acceptors (Lipinski definition) is 3. The number of sulfonamides is 1. The molecule has 0 unspecified atom stereocenters. The lowest BCUT2D eigenvalue weighted by Gasteiger charge is -2.36. The van der Waals surface area contributed by atoms with Crippen molar-refractivity contribution in [1.29, 1.82) is 0 Å². The first-order valence-corrected chi connectivity index (χ1v) is 19.9. The Bertz CT molecular complexity index is 2350. The van der Waals surface area contributed by atoms with E-state index in [2.05, 4.69) is 32.5 Å². The van der Waals surface area contributed by atoms with E-state index >= 15 is 0 Å². The van der Waals surface area contributed by atoms with Crippen molar-refractivity contribution in [3.63, 3.8) is 0 Å². The minimum Gasteiger partial charge on any atom is -0.300 e. The van der Waals surface area contributed by atoms with E-state index in [1.165, 1.54) is 31.2 Å². The molecule has 0 heterocycles. The lowest BCUT2D eigenvalue weighted by atomic mass is 9.67.